The van der Waals surface area contributed by atoms with Gasteiger partial charge in [-0.1, -0.05) is 0 Å². The number of likely N-dealkylation sites (tertiary alicyclic amines) is 1. The number of aliphatic hydroxyl groups is 1. The number of nitrogens with zero attached hydrogens (tertiary/aromatic N) is 1. The highest BCUT2D eigenvalue weighted by molar-refractivity contribution is 5.77. The van der Waals surface area contributed by atoms with E-state index in [1.807, 2.05) is 36.4 Å². The van der Waals surface area contributed by atoms with Gasteiger partial charge in [0.15, 0.2) is 0 Å². The molecule has 2 heterocycles. The third-order valence-corrected chi connectivity index (χ3v) is 4.17. The fourth-order valence-corrected chi connectivity index (χ4v) is 2.83. The molecule has 0 spiro atoms. The van der Waals surface area contributed by atoms with E-state index >= 15 is 0 Å². The van der Waals surface area contributed by atoms with Crippen LogP contribution in [0.25, 0.3) is 11.3 Å². The maximum atomic E-state index is 11.8. The SMILES string of the molecule is COc1ccc(-c2ccc(CCN3C(=O)CCCC3O)o2)cc1. The lowest BCUT2D eigenvalue weighted by atomic mass is 10.1. The van der Waals surface area contributed by atoms with Crippen LogP contribution in [0, 0.1) is 0 Å². The minimum atomic E-state index is -0.660. The number of carbonyl (C=O) groups is 1. The summed E-state index contributed by atoms with van der Waals surface area (Å²) in [6, 6.07) is 11.5. The van der Waals surface area contributed by atoms with Crippen LogP contribution in [0.15, 0.2) is 40.8 Å². The highest BCUT2D eigenvalue weighted by atomic mass is 16.5. The van der Waals surface area contributed by atoms with Gasteiger partial charge in [-0.3, -0.25) is 4.79 Å². The van der Waals surface area contributed by atoms with Crippen molar-refractivity contribution in [3.8, 4) is 17.1 Å². The van der Waals surface area contributed by atoms with Crippen molar-refractivity contribution >= 4 is 5.91 Å². The van der Waals surface area contributed by atoms with E-state index in [1.165, 1.54) is 0 Å². The summed E-state index contributed by atoms with van der Waals surface area (Å²) in [5.41, 5.74) is 0.978. The van der Waals surface area contributed by atoms with Crippen molar-refractivity contribution in [3.63, 3.8) is 0 Å². The largest absolute Gasteiger partial charge is 0.497 e. The Labute approximate surface area is 135 Å². The van der Waals surface area contributed by atoms with Crippen LogP contribution >= 0.6 is 0 Å². The smallest absolute Gasteiger partial charge is 0.224 e. The van der Waals surface area contributed by atoms with Gasteiger partial charge in [-0.2, -0.15) is 0 Å². The standard InChI is InChI=1S/C18H21NO4/c1-22-14-7-5-13(6-8-14)16-10-9-15(23-16)11-12-19-17(20)3-2-4-18(19)21/h5-10,17,20H,2-4,11-12H2,1H3. The molecule has 1 fully saturated rings. The lowest BCUT2D eigenvalue weighted by Crippen LogP contribution is -2.44. The molecule has 1 aromatic heterocycles. The van der Waals surface area contributed by atoms with Crippen LogP contribution in [-0.2, 0) is 11.2 Å². The second-order valence-electron chi connectivity index (χ2n) is 5.70. The first kappa shape index (κ1) is 15.6. The van der Waals surface area contributed by atoms with Crippen molar-refractivity contribution in [3.05, 3.63) is 42.2 Å². The van der Waals surface area contributed by atoms with Crippen molar-refractivity contribution in [2.45, 2.75) is 31.9 Å². The van der Waals surface area contributed by atoms with E-state index < -0.39 is 6.23 Å². The van der Waals surface area contributed by atoms with Gasteiger partial charge in [-0.05, 0) is 49.2 Å². The number of benzene rings is 1. The third kappa shape index (κ3) is 3.56. The van der Waals surface area contributed by atoms with E-state index in [4.69, 9.17) is 9.15 Å². The fraction of sp³-hybridized carbons (Fsp3) is 0.389. The Hall–Kier alpha value is -2.27. The number of methoxy groups -OCH3 is 1. The molecule has 5 heteroatoms. The molecule has 1 aromatic carbocycles. The Morgan fingerprint density at radius 3 is 2.74 bits per heavy atom. The minimum absolute atomic E-state index is 0.0192. The van der Waals surface area contributed by atoms with Gasteiger partial charge < -0.3 is 19.2 Å². The molecule has 5 nitrogen and oxygen atoms in total. The predicted octanol–water partition coefficient (Wildman–Crippen LogP) is 2.83. The number of furan rings is 1. The monoisotopic (exact) mass is 315 g/mol. The van der Waals surface area contributed by atoms with Gasteiger partial charge in [0.25, 0.3) is 0 Å². The molecule has 0 bridgehead atoms. The molecule has 0 aliphatic carbocycles. The molecule has 23 heavy (non-hydrogen) atoms. The summed E-state index contributed by atoms with van der Waals surface area (Å²) < 4.78 is 11.0. The van der Waals surface area contributed by atoms with E-state index in [0.29, 0.717) is 25.8 Å². The van der Waals surface area contributed by atoms with Crippen molar-refractivity contribution < 1.29 is 19.1 Å². The molecule has 1 aliphatic rings. The molecule has 1 saturated heterocycles. The van der Waals surface area contributed by atoms with Gasteiger partial charge >= 0.3 is 0 Å². The summed E-state index contributed by atoms with van der Waals surface area (Å²) in [5.74, 6) is 2.42. The first-order valence-corrected chi connectivity index (χ1v) is 7.88. The van der Waals surface area contributed by atoms with E-state index in [9.17, 15) is 9.90 Å². The summed E-state index contributed by atoms with van der Waals surface area (Å²) in [5, 5.41) is 9.91. The van der Waals surface area contributed by atoms with Gasteiger partial charge in [0.05, 0.1) is 7.11 Å². The zero-order valence-electron chi connectivity index (χ0n) is 13.2. The average Bonchev–Trinajstić information content (AvgIpc) is 3.03. The summed E-state index contributed by atoms with van der Waals surface area (Å²) in [4.78, 5) is 13.4. The molecule has 1 N–H and O–H groups in total. The van der Waals surface area contributed by atoms with E-state index in [2.05, 4.69) is 0 Å². The highest BCUT2D eigenvalue weighted by Gasteiger charge is 2.25. The number of hydrogen-bond acceptors (Lipinski definition) is 4. The van der Waals surface area contributed by atoms with Crippen LogP contribution in [0.5, 0.6) is 5.75 Å². The molecular weight excluding hydrogens is 294 g/mol. The average molecular weight is 315 g/mol. The van der Waals surface area contributed by atoms with Crippen molar-refractivity contribution in [2.75, 3.05) is 13.7 Å². The molecule has 1 aliphatic heterocycles. The lowest BCUT2D eigenvalue weighted by Gasteiger charge is -2.31. The summed E-state index contributed by atoms with van der Waals surface area (Å²) in [6.07, 6.45) is 1.87. The van der Waals surface area contributed by atoms with Crippen LogP contribution in [0.1, 0.15) is 25.0 Å². The molecule has 0 radical (unpaired) electrons. The molecule has 1 unspecified atom stereocenters. The van der Waals surface area contributed by atoms with E-state index in [0.717, 1.165) is 29.3 Å². The first-order chi connectivity index (χ1) is 11.2. The Bertz CT molecular complexity index is 662. The Morgan fingerprint density at radius 1 is 1.26 bits per heavy atom. The molecule has 2 aromatic rings. The molecular formula is C18H21NO4. The van der Waals surface area contributed by atoms with Gasteiger partial charge in [0, 0.05) is 24.9 Å². The Balaban J connectivity index is 1.63. The number of hydrogen-bond donors (Lipinski definition) is 1. The molecule has 3 rings (SSSR count). The van der Waals surface area contributed by atoms with Crippen LogP contribution in [-0.4, -0.2) is 35.8 Å². The van der Waals surface area contributed by atoms with Crippen LogP contribution in [0.2, 0.25) is 0 Å². The lowest BCUT2D eigenvalue weighted by molar-refractivity contribution is -0.146. The van der Waals surface area contributed by atoms with Crippen molar-refractivity contribution in [1.29, 1.82) is 0 Å². The number of rotatable bonds is 5. The van der Waals surface area contributed by atoms with Crippen molar-refractivity contribution in [2.24, 2.45) is 0 Å². The third-order valence-electron chi connectivity index (χ3n) is 4.17. The second kappa shape index (κ2) is 6.87. The normalized spacial score (nSPS) is 18.3. The summed E-state index contributed by atoms with van der Waals surface area (Å²) in [6.45, 7) is 0.482. The minimum Gasteiger partial charge on any atom is -0.497 e. The molecule has 1 amide bonds. The zero-order chi connectivity index (χ0) is 16.2. The maximum Gasteiger partial charge on any atom is 0.224 e. The maximum absolute atomic E-state index is 11.8. The highest BCUT2D eigenvalue weighted by Crippen LogP contribution is 2.25. The van der Waals surface area contributed by atoms with Crippen LogP contribution in [0.3, 0.4) is 0 Å². The zero-order valence-corrected chi connectivity index (χ0v) is 13.2. The Kier molecular flexibility index (Phi) is 4.67. The number of piperidine rings is 1. The van der Waals surface area contributed by atoms with Gasteiger partial charge in [-0.25, -0.2) is 0 Å². The van der Waals surface area contributed by atoms with Crippen molar-refractivity contribution in [1.82, 2.24) is 4.90 Å². The topological polar surface area (TPSA) is 62.9 Å². The Morgan fingerprint density at radius 2 is 2.04 bits per heavy atom. The molecule has 1 atom stereocenters. The van der Waals surface area contributed by atoms with Crippen LogP contribution in [0.4, 0.5) is 0 Å². The molecule has 0 saturated carbocycles. The summed E-state index contributed by atoms with van der Waals surface area (Å²) >= 11 is 0. The number of ether oxygens (including phenoxy) is 1. The van der Waals surface area contributed by atoms with Gasteiger partial charge in [0.2, 0.25) is 5.91 Å². The van der Waals surface area contributed by atoms with Gasteiger partial charge in [-0.15, -0.1) is 0 Å². The summed E-state index contributed by atoms with van der Waals surface area (Å²) in [7, 11) is 1.64. The quantitative estimate of drug-likeness (QED) is 0.921. The molecule has 122 valence electrons. The number of aliphatic hydroxyl groups excluding tert-OH is 1. The number of carbonyl (C=O) groups excluding carboxylic acids is 1. The van der Waals surface area contributed by atoms with Crippen LogP contribution < -0.4 is 4.74 Å². The van der Waals surface area contributed by atoms with Gasteiger partial charge in [0.1, 0.15) is 23.5 Å². The first-order valence-electron chi connectivity index (χ1n) is 7.88. The predicted molar refractivity (Wildman–Crippen MR) is 86.0 cm³/mol. The van der Waals surface area contributed by atoms with E-state index in [-0.39, 0.29) is 5.91 Å². The second-order valence-corrected chi connectivity index (χ2v) is 5.70. The number of amides is 1. The van der Waals surface area contributed by atoms with E-state index in [1.54, 1.807) is 12.0 Å². The fourth-order valence-electron chi connectivity index (χ4n) is 2.83.